The molecule has 1 heterocycles. The van der Waals surface area contributed by atoms with Crippen LogP contribution in [-0.4, -0.2) is 61.4 Å². The average molecular weight is 298 g/mol. The Kier molecular flexibility index (Phi) is 6.02. The zero-order valence-corrected chi connectivity index (χ0v) is 13.4. The van der Waals surface area contributed by atoms with E-state index < -0.39 is 11.5 Å². The number of carboxylic acids is 1. The van der Waals surface area contributed by atoms with Gasteiger partial charge in [0.1, 0.15) is 5.54 Å². The zero-order valence-electron chi connectivity index (χ0n) is 13.4. The molecule has 0 radical (unpaired) electrons. The van der Waals surface area contributed by atoms with Gasteiger partial charge in [-0.05, 0) is 63.6 Å². The molecule has 1 atom stereocenters. The molecule has 0 aromatic rings. The van der Waals surface area contributed by atoms with Crippen LogP contribution in [0.1, 0.15) is 39.0 Å². The van der Waals surface area contributed by atoms with Gasteiger partial charge in [-0.25, -0.2) is 0 Å². The molecule has 0 bridgehead atoms. The van der Waals surface area contributed by atoms with E-state index in [9.17, 15) is 9.90 Å². The monoisotopic (exact) mass is 298 g/mol. The van der Waals surface area contributed by atoms with E-state index in [4.69, 9.17) is 4.74 Å². The second-order valence-corrected chi connectivity index (χ2v) is 6.65. The average Bonchev–Trinajstić information content (AvgIpc) is 3.30. The largest absolute Gasteiger partial charge is 0.480 e. The summed E-state index contributed by atoms with van der Waals surface area (Å²) in [5.74, 6) is 0.269. The van der Waals surface area contributed by atoms with Crippen LogP contribution in [0.5, 0.6) is 0 Å². The third kappa shape index (κ3) is 4.18. The Hall–Kier alpha value is -0.650. The van der Waals surface area contributed by atoms with Gasteiger partial charge in [-0.15, -0.1) is 0 Å². The predicted octanol–water partition coefficient (Wildman–Crippen LogP) is 1.58. The van der Waals surface area contributed by atoms with Crippen molar-refractivity contribution >= 4 is 5.97 Å². The van der Waals surface area contributed by atoms with Crippen LogP contribution >= 0.6 is 0 Å². The number of likely N-dealkylation sites (tertiary alicyclic amines) is 1. The summed E-state index contributed by atoms with van der Waals surface area (Å²) in [7, 11) is 1.75. The van der Waals surface area contributed by atoms with Gasteiger partial charge in [-0.3, -0.25) is 4.79 Å². The molecule has 1 unspecified atom stereocenters. The number of rotatable bonds is 9. The highest BCUT2D eigenvalue weighted by Gasteiger charge is 2.51. The van der Waals surface area contributed by atoms with Gasteiger partial charge in [-0.2, -0.15) is 0 Å². The topological polar surface area (TPSA) is 61.8 Å². The first-order valence-electron chi connectivity index (χ1n) is 8.32. The SMILES string of the molecule is CCCNC(CN1CCC(COC)CC1)(C(=O)O)C1CC1. The maximum absolute atomic E-state index is 11.9. The van der Waals surface area contributed by atoms with Crippen LogP contribution in [0.3, 0.4) is 0 Å². The van der Waals surface area contributed by atoms with Crippen molar-refractivity contribution in [3.63, 3.8) is 0 Å². The van der Waals surface area contributed by atoms with E-state index in [0.717, 1.165) is 58.3 Å². The van der Waals surface area contributed by atoms with E-state index in [1.165, 1.54) is 0 Å². The number of hydrogen-bond acceptors (Lipinski definition) is 4. The van der Waals surface area contributed by atoms with E-state index in [2.05, 4.69) is 17.1 Å². The molecule has 0 aromatic heterocycles. The molecule has 122 valence electrons. The molecule has 2 aliphatic rings. The first kappa shape index (κ1) is 16.7. The molecule has 1 aliphatic heterocycles. The van der Waals surface area contributed by atoms with Gasteiger partial charge in [-0.1, -0.05) is 6.92 Å². The standard InChI is InChI=1S/C16H30N2O3/c1-3-8-17-16(15(19)20,14-4-5-14)12-18-9-6-13(7-10-18)11-21-2/h13-14,17H,3-12H2,1-2H3,(H,19,20). The van der Waals surface area contributed by atoms with Crippen molar-refractivity contribution in [2.75, 3.05) is 39.9 Å². The number of aliphatic carboxylic acids is 1. The Labute approximate surface area is 128 Å². The molecule has 1 saturated carbocycles. The molecule has 1 aliphatic carbocycles. The van der Waals surface area contributed by atoms with E-state index >= 15 is 0 Å². The highest BCUT2D eigenvalue weighted by atomic mass is 16.5. The van der Waals surface area contributed by atoms with Crippen molar-refractivity contribution in [3.8, 4) is 0 Å². The first-order chi connectivity index (χ1) is 10.1. The minimum atomic E-state index is -0.732. The molecular formula is C16H30N2O3. The van der Waals surface area contributed by atoms with Crippen LogP contribution < -0.4 is 5.32 Å². The maximum Gasteiger partial charge on any atom is 0.325 e. The number of carboxylic acid groups (broad SMARTS) is 1. The fourth-order valence-electron chi connectivity index (χ4n) is 3.47. The molecule has 0 amide bonds. The Bertz CT molecular complexity index is 338. The quantitative estimate of drug-likeness (QED) is 0.677. The van der Waals surface area contributed by atoms with Crippen molar-refractivity contribution in [1.82, 2.24) is 10.2 Å². The van der Waals surface area contributed by atoms with Crippen LogP contribution in [0.2, 0.25) is 0 Å². The van der Waals surface area contributed by atoms with Crippen molar-refractivity contribution in [1.29, 1.82) is 0 Å². The van der Waals surface area contributed by atoms with Gasteiger partial charge >= 0.3 is 5.97 Å². The van der Waals surface area contributed by atoms with Crippen molar-refractivity contribution < 1.29 is 14.6 Å². The summed E-state index contributed by atoms with van der Waals surface area (Å²) < 4.78 is 5.23. The van der Waals surface area contributed by atoms with E-state index in [1.54, 1.807) is 7.11 Å². The molecule has 5 heteroatoms. The summed E-state index contributed by atoms with van der Waals surface area (Å²) in [4.78, 5) is 14.3. The summed E-state index contributed by atoms with van der Waals surface area (Å²) in [5.41, 5.74) is -0.732. The maximum atomic E-state index is 11.9. The lowest BCUT2D eigenvalue weighted by atomic mass is 9.90. The Morgan fingerprint density at radius 3 is 2.48 bits per heavy atom. The second-order valence-electron chi connectivity index (χ2n) is 6.65. The minimum absolute atomic E-state index is 0.304. The number of methoxy groups -OCH3 is 1. The molecule has 2 N–H and O–H groups in total. The van der Waals surface area contributed by atoms with Crippen molar-refractivity contribution in [2.45, 2.75) is 44.6 Å². The summed E-state index contributed by atoms with van der Waals surface area (Å²) >= 11 is 0. The van der Waals surface area contributed by atoms with Gasteiger partial charge in [0.2, 0.25) is 0 Å². The number of ether oxygens (including phenoxy) is 1. The lowest BCUT2D eigenvalue weighted by Gasteiger charge is -2.39. The molecule has 0 spiro atoms. The minimum Gasteiger partial charge on any atom is -0.480 e. The molecular weight excluding hydrogens is 268 g/mol. The first-order valence-corrected chi connectivity index (χ1v) is 8.32. The van der Waals surface area contributed by atoms with Crippen LogP contribution in [0.4, 0.5) is 0 Å². The van der Waals surface area contributed by atoms with E-state index in [0.29, 0.717) is 18.4 Å². The zero-order chi connectivity index (χ0) is 15.3. The third-order valence-corrected chi connectivity index (χ3v) is 4.93. The number of piperidine rings is 1. The summed E-state index contributed by atoms with van der Waals surface area (Å²) in [6.45, 7) is 6.32. The number of hydrogen-bond donors (Lipinski definition) is 2. The summed E-state index contributed by atoms with van der Waals surface area (Å²) in [5, 5.41) is 13.2. The van der Waals surface area contributed by atoms with Crippen molar-refractivity contribution in [2.24, 2.45) is 11.8 Å². The van der Waals surface area contributed by atoms with Gasteiger partial charge in [0.05, 0.1) is 0 Å². The van der Waals surface area contributed by atoms with Crippen LogP contribution in [0.25, 0.3) is 0 Å². The molecule has 21 heavy (non-hydrogen) atoms. The van der Waals surface area contributed by atoms with E-state index in [-0.39, 0.29) is 0 Å². The Morgan fingerprint density at radius 1 is 1.33 bits per heavy atom. The predicted molar refractivity (Wildman–Crippen MR) is 82.4 cm³/mol. The Morgan fingerprint density at radius 2 is 2.00 bits per heavy atom. The van der Waals surface area contributed by atoms with Crippen molar-refractivity contribution in [3.05, 3.63) is 0 Å². The molecule has 5 nitrogen and oxygen atoms in total. The lowest BCUT2D eigenvalue weighted by Crippen LogP contribution is -2.61. The highest BCUT2D eigenvalue weighted by Crippen LogP contribution is 2.41. The van der Waals surface area contributed by atoms with Crippen LogP contribution in [0, 0.1) is 11.8 Å². The van der Waals surface area contributed by atoms with Gasteiger partial charge in [0, 0.05) is 20.3 Å². The second kappa shape index (κ2) is 7.56. The number of nitrogens with zero attached hydrogens (tertiary/aromatic N) is 1. The Balaban J connectivity index is 1.94. The van der Waals surface area contributed by atoms with Gasteiger partial charge in [0.15, 0.2) is 0 Å². The number of carbonyl (C=O) groups is 1. The summed E-state index contributed by atoms with van der Waals surface area (Å²) in [6, 6.07) is 0. The molecule has 0 aromatic carbocycles. The van der Waals surface area contributed by atoms with Gasteiger partial charge in [0.25, 0.3) is 0 Å². The van der Waals surface area contributed by atoms with E-state index in [1.807, 2.05) is 0 Å². The third-order valence-electron chi connectivity index (χ3n) is 4.93. The fraction of sp³-hybridized carbons (Fsp3) is 0.938. The molecule has 2 fully saturated rings. The van der Waals surface area contributed by atoms with Crippen LogP contribution in [0.15, 0.2) is 0 Å². The fourth-order valence-corrected chi connectivity index (χ4v) is 3.47. The molecule has 2 rings (SSSR count). The lowest BCUT2D eigenvalue weighted by molar-refractivity contribution is -0.147. The smallest absolute Gasteiger partial charge is 0.325 e. The highest BCUT2D eigenvalue weighted by molar-refractivity contribution is 5.80. The normalized spacial score (nSPS) is 23.9. The summed E-state index contributed by atoms with van der Waals surface area (Å²) in [6.07, 6.45) is 5.29. The molecule has 1 saturated heterocycles. The van der Waals surface area contributed by atoms with Crippen LogP contribution in [-0.2, 0) is 9.53 Å². The van der Waals surface area contributed by atoms with Gasteiger partial charge < -0.3 is 20.1 Å². The number of nitrogens with one attached hydrogen (secondary N) is 1.